The van der Waals surface area contributed by atoms with E-state index in [9.17, 15) is 9.59 Å². The van der Waals surface area contributed by atoms with E-state index < -0.39 is 0 Å². The van der Waals surface area contributed by atoms with Crippen molar-refractivity contribution in [1.82, 2.24) is 14.5 Å². The number of thiophene rings is 1. The highest BCUT2D eigenvalue weighted by atomic mass is 32.2. The van der Waals surface area contributed by atoms with Crippen LogP contribution in [0, 0.1) is 5.92 Å². The summed E-state index contributed by atoms with van der Waals surface area (Å²) in [7, 11) is 1.78. The van der Waals surface area contributed by atoms with Crippen LogP contribution < -0.4 is 5.56 Å². The van der Waals surface area contributed by atoms with E-state index in [0.29, 0.717) is 16.8 Å². The minimum Gasteiger partial charge on any atom is -0.342 e. The van der Waals surface area contributed by atoms with Crippen LogP contribution >= 0.6 is 23.1 Å². The van der Waals surface area contributed by atoms with E-state index in [1.54, 1.807) is 23.0 Å². The third-order valence-electron chi connectivity index (χ3n) is 5.49. The first kappa shape index (κ1) is 18.0. The molecule has 26 heavy (non-hydrogen) atoms. The molecule has 1 aliphatic heterocycles. The van der Waals surface area contributed by atoms with E-state index in [-0.39, 0.29) is 11.5 Å². The van der Waals surface area contributed by atoms with Crippen LogP contribution in [0.2, 0.25) is 0 Å². The molecule has 0 radical (unpaired) electrons. The minimum absolute atomic E-state index is 0.0379. The number of amides is 1. The third kappa shape index (κ3) is 3.31. The summed E-state index contributed by atoms with van der Waals surface area (Å²) in [5.74, 6) is 1.08. The van der Waals surface area contributed by atoms with Crippen molar-refractivity contribution in [2.45, 2.75) is 50.6 Å². The van der Waals surface area contributed by atoms with Gasteiger partial charge in [0.2, 0.25) is 5.91 Å². The number of hydrogen-bond acceptors (Lipinski definition) is 5. The average molecular weight is 392 g/mol. The van der Waals surface area contributed by atoms with E-state index in [1.807, 2.05) is 4.90 Å². The summed E-state index contributed by atoms with van der Waals surface area (Å²) in [6.07, 6.45) is 6.69. The standard InChI is InChI=1S/C19H25N3O2S2/c1-12-6-5-9-22(10-12)15(23)11-25-19-20-17-16(18(24)21(19)2)13-7-3-4-8-14(13)26-17/h12H,3-11H2,1-2H3/t12-/m0/s1. The van der Waals surface area contributed by atoms with Gasteiger partial charge in [0.1, 0.15) is 4.83 Å². The van der Waals surface area contributed by atoms with Crippen molar-refractivity contribution in [2.75, 3.05) is 18.8 Å². The normalized spacial score (nSPS) is 20.4. The van der Waals surface area contributed by atoms with Gasteiger partial charge >= 0.3 is 0 Å². The first-order valence-electron chi connectivity index (χ1n) is 9.46. The van der Waals surface area contributed by atoms with Crippen molar-refractivity contribution in [2.24, 2.45) is 13.0 Å². The zero-order chi connectivity index (χ0) is 18.3. The summed E-state index contributed by atoms with van der Waals surface area (Å²) in [6, 6.07) is 0. The Bertz CT molecular complexity index is 902. The Balaban J connectivity index is 1.56. The van der Waals surface area contributed by atoms with E-state index in [0.717, 1.165) is 49.0 Å². The van der Waals surface area contributed by atoms with Gasteiger partial charge in [0.15, 0.2) is 5.16 Å². The number of nitrogens with zero attached hydrogens (tertiary/aromatic N) is 3. The maximum atomic E-state index is 12.9. The van der Waals surface area contributed by atoms with Crippen LogP contribution in [-0.4, -0.2) is 39.2 Å². The third-order valence-corrected chi connectivity index (χ3v) is 7.69. The zero-order valence-corrected chi connectivity index (χ0v) is 17.0. The molecule has 4 rings (SSSR count). The molecule has 0 bridgehead atoms. The Morgan fingerprint density at radius 3 is 2.92 bits per heavy atom. The molecule has 0 spiro atoms. The summed E-state index contributed by atoms with van der Waals surface area (Å²) >= 11 is 3.06. The van der Waals surface area contributed by atoms with Gasteiger partial charge in [0, 0.05) is 25.0 Å². The van der Waals surface area contributed by atoms with E-state index in [1.165, 1.54) is 35.0 Å². The maximum absolute atomic E-state index is 12.9. The number of carbonyl (C=O) groups is 1. The van der Waals surface area contributed by atoms with Gasteiger partial charge in [-0.3, -0.25) is 14.2 Å². The fourth-order valence-corrected chi connectivity index (χ4v) is 6.21. The molecule has 0 unspecified atom stereocenters. The van der Waals surface area contributed by atoms with Crippen LogP contribution in [-0.2, 0) is 24.7 Å². The molecule has 0 saturated carbocycles. The molecule has 1 fully saturated rings. The number of hydrogen-bond donors (Lipinski definition) is 0. The van der Waals surface area contributed by atoms with Crippen molar-refractivity contribution in [3.8, 4) is 0 Å². The highest BCUT2D eigenvalue weighted by molar-refractivity contribution is 7.99. The van der Waals surface area contributed by atoms with Crippen molar-refractivity contribution in [3.05, 3.63) is 20.8 Å². The number of aromatic nitrogens is 2. The molecule has 0 aromatic carbocycles. The van der Waals surface area contributed by atoms with E-state index in [4.69, 9.17) is 4.98 Å². The van der Waals surface area contributed by atoms with Crippen molar-refractivity contribution >= 4 is 39.2 Å². The van der Waals surface area contributed by atoms with Gasteiger partial charge in [-0.05, 0) is 50.0 Å². The summed E-state index contributed by atoms with van der Waals surface area (Å²) in [5, 5.41) is 1.47. The van der Waals surface area contributed by atoms with E-state index in [2.05, 4.69) is 6.92 Å². The molecule has 1 saturated heterocycles. The Morgan fingerprint density at radius 2 is 2.12 bits per heavy atom. The maximum Gasteiger partial charge on any atom is 0.262 e. The van der Waals surface area contributed by atoms with Crippen LogP contribution in [0.25, 0.3) is 10.2 Å². The highest BCUT2D eigenvalue weighted by Gasteiger charge is 2.23. The SMILES string of the molecule is C[C@H]1CCCN(C(=O)CSc2nc3sc4c(c3c(=O)n2C)CCCC4)C1. The molecule has 1 atom stereocenters. The fraction of sp³-hybridized carbons (Fsp3) is 0.632. The summed E-state index contributed by atoms with van der Waals surface area (Å²) < 4.78 is 1.63. The first-order chi connectivity index (χ1) is 12.5. The number of aryl methyl sites for hydroxylation is 2. The number of carbonyl (C=O) groups excluding carboxylic acids is 1. The molecular formula is C19H25N3O2S2. The van der Waals surface area contributed by atoms with Gasteiger partial charge in [0.25, 0.3) is 5.56 Å². The lowest BCUT2D eigenvalue weighted by Crippen LogP contribution is -2.40. The minimum atomic E-state index is 0.0379. The van der Waals surface area contributed by atoms with Gasteiger partial charge in [-0.2, -0.15) is 0 Å². The Morgan fingerprint density at radius 1 is 1.31 bits per heavy atom. The van der Waals surface area contributed by atoms with Gasteiger partial charge in [-0.15, -0.1) is 11.3 Å². The molecule has 5 nitrogen and oxygen atoms in total. The van der Waals surface area contributed by atoms with Gasteiger partial charge in [0.05, 0.1) is 11.1 Å². The monoisotopic (exact) mass is 391 g/mol. The Labute approximate surface area is 161 Å². The molecule has 140 valence electrons. The number of piperidine rings is 1. The molecule has 3 heterocycles. The van der Waals surface area contributed by atoms with Crippen molar-refractivity contribution in [3.63, 3.8) is 0 Å². The second-order valence-electron chi connectivity index (χ2n) is 7.53. The first-order valence-corrected chi connectivity index (χ1v) is 11.3. The number of likely N-dealkylation sites (tertiary alicyclic amines) is 1. The Hall–Kier alpha value is -1.34. The summed E-state index contributed by atoms with van der Waals surface area (Å²) in [4.78, 5) is 34.3. The van der Waals surface area contributed by atoms with Crippen LogP contribution in [0.4, 0.5) is 0 Å². The second kappa shape index (κ2) is 7.35. The molecule has 7 heteroatoms. The lowest BCUT2D eigenvalue weighted by molar-refractivity contribution is -0.130. The largest absolute Gasteiger partial charge is 0.342 e. The molecule has 0 N–H and O–H groups in total. The number of thioether (sulfide) groups is 1. The molecule has 2 aromatic heterocycles. The van der Waals surface area contributed by atoms with E-state index >= 15 is 0 Å². The molecule has 2 aromatic rings. The van der Waals surface area contributed by atoms with Gasteiger partial charge in [-0.25, -0.2) is 4.98 Å². The van der Waals surface area contributed by atoms with Crippen LogP contribution in [0.15, 0.2) is 9.95 Å². The average Bonchev–Trinajstić information content (AvgIpc) is 3.01. The number of fused-ring (bicyclic) bond motifs is 3. The quantitative estimate of drug-likeness (QED) is 0.595. The summed E-state index contributed by atoms with van der Waals surface area (Å²) in [6.45, 7) is 3.90. The molecule has 2 aliphatic rings. The lowest BCUT2D eigenvalue weighted by Gasteiger charge is -2.30. The van der Waals surface area contributed by atoms with Crippen molar-refractivity contribution in [1.29, 1.82) is 0 Å². The highest BCUT2D eigenvalue weighted by Crippen LogP contribution is 2.34. The molecule has 1 amide bonds. The predicted molar refractivity (Wildman–Crippen MR) is 107 cm³/mol. The Kier molecular flexibility index (Phi) is 5.10. The fourth-order valence-electron chi connectivity index (χ4n) is 4.03. The topological polar surface area (TPSA) is 55.2 Å². The zero-order valence-electron chi connectivity index (χ0n) is 15.4. The number of rotatable bonds is 3. The van der Waals surface area contributed by atoms with Gasteiger partial charge < -0.3 is 4.90 Å². The lowest BCUT2D eigenvalue weighted by atomic mass is 9.97. The van der Waals surface area contributed by atoms with Crippen molar-refractivity contribution < 1.29 is 4.79 Å². The van der Waals surface area contributed by atoms with Crippen LogP contribution in [0.5, 0.6) is 0 Å². The van der Waals surface area contributed by atoms with Crippen LogP contribution in [0.1, 0.15) is 43.0 Å². The molecule has 1 aliphatic carbocycles. The van der Waals surface area contributed by atoms with Gasteiger partial charge in [-0.1, -0.05) is 18.7 Å². The summed E-state index contributed by atoms with van der Waals surface area (Å²) in [5.41, 5.74) is 1.26. The van der Waals surface area contributed by atoms with Crippen LogP contribution in [0.3, 0.4) is 0 Å². The molecular weight excluding hydrogens is 366 g/mol. The predicted octanol–water partition coefficient (Wildman–Crippen LogP) is 3.22. The second-order valence-corrected chi connectivity index (χ2v) is 9.55. The smallest absolute Gasteiger partial charge is 0.262 e.